The van der Waals surface area contributed by atoms with Crippen molar-refractivity contribution in [3.05, 3.63) is 72.3 Å². The molecule has 3 N–H and O–H groups in total. The van der Waals surface area contributed by atoms with Crippen LogP contribution in [0.1, 0.15) is 37.7 Å². The molecule has 2 fully saturated rings. The number of hydrogen-bond acceptors (Lipinski definition) is 6. The molecule has 236 valence electrons. The first kappa shape index (κ1) is 31.6. The van der Waals surface area contributed by atoms with E-state index in [9.17, 15) is 23.2 Å². The van der Waals surface area contributed by atoms with E-state index in [0.717, 1.165) is 5.56 Å². The molecule has 44 heavy (non-hydrogen) atoms. The molecule has 5 rings (SSSR count). The lowest BCUT2D eigenvalue weighted by atomic mass is 9.75. The molecule has 0 aliphatic carbocycles. The number of nitrogens with zero attached hydrogens (tertiary/aromatic N) is 1. The normalized spacial score (nSPS) is 25.1. The van der Waals surface area contributed by atoms with Gasteiger partial charge in [0, 0.05) is 38.8 Å². The first-order valence-corrected chi connectivity index (χ1v) is 15.3. The van der Waals surface area contributed by atoms with Crippen molar-refractivity contribution in [2.75, 3.05) is 38.2 Å². The Labute approximate surface area is 256 Å². The summed E-state index contributed by atoms with van der Waals surface area (Å²) in [6.07, 6.45) is 7.56. The van der Waals surface area contributed by atoms with E-state index in [1.165, 1.54) is 12.1 Å². The van der Waals surface area contributed by atoms with Crippen LogP contribution < -0.4 is 20.7 Å². The predicted molar refractivity (Wildman–Crippen MR) is 161 cm³/mol. The Hall–Kier alpha value is -3.83. The number of halogens is 2. The number of benzene rings is 2. The Balaban J connectivity index is 1.30. The van der Waals surface area contributed by atoms with Crippen molar-refractivity contribution in [3.8, 4) is 5.75 Å². The molecular formula is C33H40F2N4O5. The molecule has 0 bridgehead atoms. The van der Waals surface area contributed by atoms with Gasteiger partial charge in [-0.3, -0.25) is 19.3 Å². The fraction of sp³-hybridized carbons (Fsp3) is 0.485. The second-order valence-electron chi connectivity index (χ2n) is 11.8. The Morgan fingerprint density at radius 2 is 1.80 bits per heavy atom. The van der Waals surface area contributed by atoms with E-state index >= 15 is 0 Å². The van der Waals surface area contributed by atoms with Gasteiger partial charge in [-0.15, -0.1) is 0 Å². The third-order valence-corrected chi connectivity index (χ3v) is 8.84. The van der Waals surface area contributed by atoms with Crippen LogP contribution in [0.4, 0.5) is 14.5 Å². The zero-order chi connectivity index (χ0) is 30.9. The van der Waals surface area contributed by atoms with E-state index in [-0.39, 0.29) is 47.7 Å². The second kappa shape index (κ2) is 14.8. The van der Waals surface area contributed by atoms with E-state index < -0.39 is 18.1 Å². The molecule has 2 aromatic carbocycles. The number of para-hydroxylation sites is 2. The highest BCUT2D eigenvalue weighted by Gasteiger charge is 2.41. The Kier molecular flexibility index (Phi) is 10.6. The molecule has 0 unspecified atom stereocenters. The molecule has 0 aromatic heterocycles. The Morgan fingerprint density at radius 1 is 1.05 bits per heavy atom. The number of hydrogen-bond donors (Lipinski definition) is 3. The van der Waals surface area contributed by atoms with Crippen LogP contribution >= 0.6 is 0 Å². The summed E-state index contributed by atoms with van der Waals surface area (Å²) in [4.78, 5) is 42.4. The van der Waals surface area contributed by atoms with Crippen molar-refractivity contribution in [2.24, 2.45) is 11.3 Å². The standard InChI is InChI=1S/C33H40F2N4O5/c34-32(35)44-28-12-5-4-11-26(28)36-29(40)22-39-17-13-25-24(21-39)10-6-7-14-33(15-18-43-19-16-33)31(42)38-27(30(41)37-25)20-23-8-2-1-3-9-23/h1-9,11-12,24-25,27,32H,10,13-22H2,(H,36,40)(H,37,41)(H,38,42)/b7-6+/t24-,25+,27-/m0/s1. The van der Waals surface area contributed by atoms with Gasteiger partial charge in [-0.05, 0) is 55.7 Å². The number of nitrogens with one attached hydrogen (secondary N) is 3. The van der Waals surface area contributed by atoms with Gasteiger partial charge in [-0.2, -0.15) is 8.78 Å². The molecular weight excluding hydrogens is 570 g/mol. The number of amides is 3. The van der Waals surface area contributed by atoms with Crippen LogP contribution in [-0.2, 0) is 25.5 Å². The van der Waals surface area contributed by atoms with Gasteiger partial charge >= 0.3 is 6.61 Å². The highest BCUT2D eigenvalue weighted by Crippen LogP contribution is 2.36. The highest BCUT2D eigenvalue weighted by molar-refractivity contribution is 5.93. The highest BCUT2D eigenvalue weighted by atomic mass is 19.3. The molecule has 3 amide bonds. The predicted octanol–water partition coefficient (Wildman–Crippen LogP) is 3.91. The summed E-state index contributed by atoms with van der Waals surface area (Å²) in [6.45, 7) is -0.814. The van der Waals surface area contributed by atoms with Gasteiger partial charge in [0.15, 0.2) is 0 Å². The molecule has 1 spiro atoms. The van der Waals surface area contributed by atoms with Crippen molar-refractivity contribution >= 4 is 23.4 Å². The first-order chi connectivity index (χ1) is 21.3. The van der Waals surface area contributed by atoms with Crippen LogP contribution in [0.25, 0.3) is 0 Å². The monoisotopic (exact) mass is 610 g/mol. The Morgan fingerprint density at radius 3 is 2.57 bits per heavy atom. The molecule has 3 heterocycles. The molecule has 3 atom stereocenters. The minimum Gasteiger partial charge on any atom is -0.433 e. The zero-order valence-electron chi connectivity index (χ0n) is 24.7. The number of rotatable bonds is 7. The Bertz CT molecular complexity index is 1320. The van der Waals surface area contributed by atoms with Crippen molar-refractivity contribution in [1.82, 2.24) is 15.5 Å². The topological polar surface area (TPSA) is 109 Å². The van der Waals surface area contributed by atoms with Crippen LogP contribution in [0.15, 0.2) is 66.7 Å². The molecule has 11 heteroatoms. The maximum atomic E-state index is 13.8. The van der Waals surface area contributed by atoms with Crippen LogP contribution in [0.2, 0.25) is 0 Å². The van der Waals surface area contributed by atoms with Gasteiger partial charge in [0.1, 0.15) is 11.8 Å². The third-order valence-electron chi connectivity index (χ3n) is 8.84. The van der Waals surface area contributed by atoms with Gasteiger partial charge in [-0.1, -0.05) is 54.6 Å². The second-order valence-corrected chi connectivity index (χ2v) is 11.8. The minimum atomic E-state index is -3.00. The first-order valence-electron chi connectivity index (χ1n) is 15.3. The molecule has 0 saturated carbocycles. The van der Waals surface area contributed by atoms with Crippen molar-refractivity contribution in [1.29, 1.82) is 0 Å². The third kappa shape index (κ3) is 8.21. The fourth-order valence-corrected chi connectivity index (χ4v) is 6.36. The lowest BCUT2D eigenvalue weighted by molar-refractivity contribution is -0.140. The van der Waals surface area contributed by atoms with Crippen LogP contribution in [0, 0.1) is 11.3 Å². The van der Waals surface area contributed by atoms with E-state index in [0.29, 0.717) is 64.8 Å². The molecule has 2 saturated heterocycles. The zero-order valence-corrected chi connectivity index (χ0v) is 24.7. The van der Waals surface area contributed by atoms with Gasteiger partial charge < -0.3 is 25.4 Å². The van der Waals surface area contributed by atoms with Gasteiger partial charge in [0.2, 0.25) is 17.7 Å². The number of piperidine rings is 1. The van der Waals surface area contributed by atoms with Crippen LogP contribution in [0.3, 0.4) is 0 Å². The number of carbonyl (C=O) groups excluding carboxylic acids is 3. The van der Waals surface area contributed by atoms with E-state index in [1.807, 2.05) is 35.2 Å². The number of allylic oxidation sites excluding steroid dienone is 2. The van der Waals surface area contributed by atoms with Crippen molar-refractivity contribution in [2.45, 2.75) is 57.2 Å². The van der Waals surface area contributed by atoms with E-state index in [2.05, 4.69) is 32.8 Å². The number of anilines is 1. The largest absolute Gasteiger partial charge is 0.433 e. The maximum absolute atomic E-state index is 13.8. The molecule has 3 aliphatic heterocycles. The molecule has 2 aromatic rings. The lowest BCUT2D eigenvalue weighted by Gasteiger charge is -2.40. The summed E-state index contributed by atoms with van der Waals surface area (Å²) in [5.74, 6) is -0.732. The quantitative estimate of drug-likeness (QED) is 0.411. The molecule has 3 aliphatic rings. The van der Waals surface area contributed by atoms with Gasteiger partial charge in [-0.25, -0.2) is 0 Å². The number of likely N-dealkylation sites (tertiary alicyclic amines) is 1. The maximum Gasteiger partial charge on any atom is 0.387 e. The van der Waals surface area contributed by atoms with Gasteiger partial charge in [0.25, 0.3) is 0 Å². The lowest BCUT2D eigenvalue weighted by Crippen LogP contribution is -2.58. The summed E-state index contributed by atoms with van der Waals surface area (Å²) in [5.41, 5.74) is 0.505. The van der Waals surface area contributed by atoms with Crippen molar-refractivity contribution in [3.63, 3.8) is 0 Å². The number of fused-ring (bicyclic) bond motifs is 1. The summed E-state index contributed by atoms with van der Waals surface area (Å²) in [5, 5.41) is 9.02. The van der Waals surface area contributed by atoms with Crippen LogP contribution in [0.5, 0.6) is 5.75 Å². The summed E-state index contributed by atoms with van der Waals surface area (Å²) in [6, 6.07) is 14.9. The minimum absolute atomic E-state index is 0.0318. The van der Waals surface area contributed by atoms with Crippen molar-refractivity contribution < 1.29 is 32.6 Å². The SMILES string of the molecule is O=C(CN1CC[C@H]2NC(=O)[C@H](Cc3ccccc3)NC(=O)C3(C/C=C/C[C@H]2C1)CCOCC3)Nc1ccccc1OC(F)F. The number of carbonyl (C=O) groups is 3. The van der Waals surface area contributed by atoms with Crippen LogP contribution in [-0.4, -0.2) is 74.2 Å². The molecule has 9 nitrogen and oxygen atoms in total. The van der Waals surface area contributed by atoms with E-state index in [1.54, 1.807) is 12.1 Å². The fourth-order valence-electron chi connectivity index (χ4n) is 6.36. The number of alkyl halides is 2. The van der Waals surface area contributed by atoms with Gasteiger partial charge in [0.05, 0.1) is 17.6 Å². The smallest absolute Gasteiger partial charge is 0.387 e. The summed E-state index contributed by atoms with van der Waals surface area (Å²) in [7, 11) is 0. The molecule has 0 radical (unpaired) electrons. The summed E-state index contributed by atoms with van der Waals surface area (Å²) < 4.78 is 35.7. The summed E-state index contributed by atoms with van der Waals surface area (Å²) >= 11 is 0. The van der Waals surface area contributed by atoms with E-state index in [4.69, 9.17) is 4.74 Å². The average molecular weight is 611 g/mol. The average Bonchev–Trinajstić information content (AvgIpc) is 3.01. The number of ether oxygens (including phenoxy) is 2.